The molecule has 0 aliphatic carbocycles. The predicted molar refractivity (Wildman–Crippen MR) is 274 cm³/mol. The van der Waals surface area contributed by atoms with E-state index in [4.69, 9.17) is 15.5 Å². The number of rotatable bonds is 12. The topological polar surface area (TPSA) is 3.24 Å². The normalized spacial score (nSPS) is 12.5. The second-order valence-corrected chi connectivity index (χ2v) is 26.9. The molecule has 0 N–H and O–H groups in total. The van der Waals surface area contributed by atoms with Crippen LogP contribution in [0.15, 0.2) is 279 Å². The van der Waals surface area contributed by atoms with Crippen molar-refractivity contribution in [3.63, 3.8) is 0 Å². The Balaban J connectivity index is 1.71. The first-order valence-electron chi connectivity index (χ1n) is 20.7. The van der Waals surface area contributed by atoms with Gasteiger partial charge in [0.25, 0.3) is 0 Å². The third-order valence-corrected chi connectivity index (χ3v) is 28.1. The van der Waals surface area contributed by atoms with Gasteiger partial charge in [0, 0.05) is 0 Å². The Morgan fingerprint density at radius 3 is 0.918 bits per heavy atom. The van der Waals surface area contributed by atoms with E-state index >= 15 is 0 Å². The molecule has 296 valence electrons. The summed E-state index contributed by atoms with van der Waals surface area (Å²) in [6.45, 7) is -3.02. The van der Waals surface area contributed by atoms with Crippen molar-refractivity contribution in [2.75, 3.05) is 4.90 Å². The van der Waals surface area contributed by atoms with E-state index in [1.54, 1.807) is 0 Å². The predicted octanol–water partition coefficient (Wildman–Crippen LogP) is 12.8. The van der Waals surface area contributed by atoms with Gasteiger partial charge < -0.3 is 0 Å². The zero-order chi connectivity index (χ0) is 41.4. The van der Waals surface area contributed by atoms with Gasteiger partial charge in [-0.3, -0.25) is 0 Å². The van der Waals surface area contributed by atoms with E-state index in [-0.39, 0.29) is 0 Å². The van der Waals surface area contributed by atoms with Crippen LogP contribution in [0.2, 0.25) is 0 Å². The Morgan fingerprint density at radius 1 is 0.344 bits per heavy atom. The standard InChI is InChI=1S/C57H46BrNP2/c58-61(53-40-22-7-23-41-53,54-42-24-8-25-43-54,55-44-26-9-27-45-55)57(60(50-34-16-4-17-35-50,51-36-18-5-19-37-51)52-38-20-6-21-39-52)56(46-47-28-10-1-11-29-47)59(48-30-12-2-13-31-48)49-32-14-3-15-33-49/h1-46H/b56-46-. The van der Waals surface area contributed by atoms with Crippen LogP contribution in [0, 0.1) is 0 Å². The average molecular weight is 887 g/mol. The summed E-state index contributed by atoms with van der Waals surface area (Å²) in [5.41, 5.74) is 4.32. The maximum absolute atomic E-state index is 5.19. The molecule has 0 amide bonds. The number of benzene rings is 9. The summed E-state index contributed by atoms with van der Waals surface area (Å²) < 4.78 is 0. The van der Waals surface area contributed by atoms with Crippen LogP contribution in [-0.4, -0.2) is 5.03 Å². The summed E-state index contributed by atoms with van der Waals surface area (Å²) in [6, 6.07) is 100. The summed E-state index contributed by atoms with van der Waals surface area (Å²) in [5.74, 6) is 0. The van der Waals surface area contributed by atoms with Gasteiger partial charge in [-0.15, -0.1) is 0 Å². The van der Waals surface area contributed by atoms with Crippen LogP contribution in [0.25, 0.3) is 6.08 Å². The van der Waals surface area contributed by atoms with E-state index in [1.807, 2.05) is 0 Å². The second kappa shape index (κ2) is 17.8. The molecule has 4 heteroatoms. The van der Waals surface area contributed by atoms with Crippen LogP contribution in [-0.2, 0) is 0 Å². The van der Waals surface area contributed by atoms with Crippen molar-refractivity contribution in [2.24, 2.45) is 0 Å². The summed E-state index contributed by atoms with van der Waals surface area (Å²) in [4.78, 5) is 2.52. The molecule has 0 unspecified atom stereocenters. The Hall–Kier alpha value is -6.27. The van der Waals surface area contributed by atoms with Gasteiger partial charge in [0.05, 0.1) is 0 Å². The van der Waals surface area contributed by atoms with E-state index in [9.17, 15) is 0 Å². The average Bonchev–Trinajstić information content (AvgIpc) is 3.35. The summed E-state index contributed by atoms with van der Waals surface area (Å²) in [7, 11) is 0. The third-order valence-electron chi connectivity index (χ3n) is 11.5. The Kier molecular flexibility index (Phi) is 11.7. The van der Waals surface area contributed by atoms with Crippen molar-refractivity contribution >= 4 is 82.0 Å². The molecule has 0 aliphatic rings. The monoisotopic (exact) mass is 885 g/mol. The van der Waals surface area contributed by atoms with Crippen LogP contribution < -0.4 is 36.7 Å². The van der Waals surface area contributed by atoms with E-state index < -0.39 is 12.2 Å². The molecule has 9 aromatic rings. The molecule has 0 bridgehead atoms. The van der Waals surface area contributed by atoms with Gasteiger partial charge >= 0.3 is 371 Å². The van der Waals surface area contributed by atoms with Crippen LogP contribution >= 0.6 is 27.7 Å². The molecule has 0 spiro atoms. The number of hydrogen-bond acceptors (Lipinski definition) is 1. The van der Waals surface area contributed by atoms with Gasteiger partial charge in [-0.05, 0) is 0 Å². The first kappa shape index (κ1) is 40.2. The van der Waals surface area contributed by atoms with Gasteiger partial charge in [-0.1, -0.05) is 0 Å². The number of halogens is 1. The van der Waals surface area contributed by atoms with E-state index in [0.717, 1.165) is 22.6 Å². The summed E-state index contributed by atoms with van der Waals surface area (Å²) in [6.07, 6.45) is 2.45. The molecule has 0 aromatic heterocycles. The number of hydrogen-bond donors (Lipinski definition) is 0. The fraction of sp³-hybridized carbons (Fsp3) is 0. The number of anilines is 2. The number of allylic oxidation sites excluding steroid dienone is 1. The Labute approximate surface area is 369 Å². The van der Waals surface area contributed by atoms with Crippen LogP contribution in [0.3, 0.4) is 0 Å². The zero-order valence-electron chi connectivity index (χ0n) is 33.8. The molecule has 61 heavy (non-hydrogen) atoms. The quantitative estimate of drug-likeness (QED) is 0.111. The molecule has 0 saturated heterocycles. The summed E-state index contributed by atoms with van der Waals surface area (Å²) >= 11 is 5.19. The molecular weight excluding hydrogens is 840 g/mol. The van der Waals surface area contributed by atoms with E-state index in [0.29, 0.717) is 0 Å². The van der Waals surface area contributed by atoms with Gasteiger partial charge in [0.15, 0.2) is 0 Å². The van der Waals surface area contributed by atoms with Crippen molar-refractivity contribution < 1.29 is 0 Å². The Morgan fingerprint density at radius 2 is 0.607 bits per heavy atom. The van der Waals surface area contributed by atoms with Crippen molar-refractivity contribution in [1.29, 1.82) is 0 Å². The first-order chi connectivity index (χ1) is 30.1. The van der Waals surface area contributed by atoms with Gasteiger partial charge in [-0.25, -0.2) is 0 Å². The van der Waals surface area contributed by atoms with Gasteiger partial charge in [-0.2, -0.15) is 0 Å². The molecule has 9 rings (SSSR count). The van der Waals surface area contributed by atoms with Crippen LogP contribution in [0.1, 0.15) is 5.56 Å². The molecule has 0 fully saturated rings. The zero-order valence-corrected chi connectivity index (χ0v) is 37.2. The van der Waals surface area contributed by atoms with Gasteiger partial charge in [0.1, 0.15) is 0 Å². The minimum absolute atomic E-state index is 1.06. The molecule has 9 aromatic carbocycles. The molecule has 0 heterocycles. The fourth-order valence-electron chi connectivity index (χ4n) is 8.89. The molecule has 0 aliphatic heterocycles. The van der Waals surface area contributed by atoms with E-state index in [2.05, 4.69) is 284 Å². The second-order valence-electron chi connectivity index (χ2n) is 15.0. The molecule has 0 saturated carbocycles. The van der Waals surface area contributed by atoms with Crippen LogP contribution in [0.5, 0.6) is 0 Å². The van der Waals surface area contributed by atoms with Crippen molar-refractivity contribution in [3.05, 3.63) is 284 Å². The number of nitrogens with zero attached hydrogens (tertiary/aromatic N) is 1. The summed E-state index contributed by atoms with van der Waals surface area (Å²) in [5, 5.41) is 4.57. The van der Waals surface area contributed by atoms with Crippen molar-refractivity contribution in [2.45, 2.75) is 0 Å². The molecule has 1 nitrogen and oxygen atoms in total. The molecule has 0 atom stereocenters. The SMILES string of the molecule is BrP(C(/C(=C/c1ccccc1)N(c1ccccc1)c1ccccc1)=P(c1ccccc1)(c1ccccc1)c1ccccc1)(c1ccccc1)(c1ccccc1)c1ccccc1. The fourth-order valence-corrected chi connectivity index (χ4v) is 26.5. The van der Waals surface area contributed by atoms with Gasteiger partial charge in [0.2, 0.25) is 0 Å². The van der Waals surface area contributed by atoms with Crippen molar-refractivity contribution in [1.82, 2.24) is 0 Å². The molecular formula is C57H46BrNP2. The minimum atomic E-state index is -4.18. The number of para-hydroxylation sites is 2. The molecule has 0 radical (unpaired) electrons. The third kappa shape index (κ3) is 7.16. The van der Waals surface area contributed by atoms with Crippen LogP contribution in [0.4, 0.5) is 11.4 Å². The van der Waals surface area contributed by atoms with E-state index in [1.165, 1.54) is 36.9 Å². The van der Waals surface area contributed by atoms with Crippen molar-refractivity contribution in [3.8, 4) is 0 Å². The first-order valence-corrected chi connectivity index (χ1v) is 26.7. The Bertz CT molecular complexity index is 2650. The maximum atomic E-state index is 5.19.